The largest absolute Gasteiger partial charge is 0.419 e. The first-order chi connectivity index (χ1) is 12.5. The summed E-state index contributed by atoms with van der Waals surface area (Å²) in [5.74, 6) is -3.04. The summed E-state index contributed by atoms with van der Waals surface area (Å²) >= 11 is 0. The van der Waals surface area contributed by atoms with Crippen molar-refractivity contribution < 1.29 is 23.1 Å². The van der Waals surface area contributed by atoms with Crippen LogP contribution in [0.25, 0.3) is 11.1 Å². The molecule has 26 heavy (non-hydrogen) atoms. The summed E-state index contributed by atoms with van der Waals surface area (Å²) < 4.78 is 32.5. The van der Waals surface area contributed by atoms with Crippen LogP contribution in [0, 0.1) is 11.6 Å². The third kappa shape index (κ3) is 3.80. The van der Waals surface area contributed by atoms with Crippen LogP contribution in [0.5, 0.6) is 0 Å². The van der Waals surface area contributed by atoms with Gasteiger partial charge in [0.05, 0.1) is 11.6 Å². The molecule has 2 N–H and O–H groups in total. The van der Waals surface area contributed by atoms with Crippen LogP contribution < -0.4 is 11.1 Å². The van der Waals surface area contributed by atoms with Crippen LogP contribution in [0.3, 0.4) is 0 Å². The van der Waals surface area contributed by atoms with Gasteiger partial charge in [-0.15, -0.1) is 0 Å². The Morgan fingerprint density at radius 3 is 2.73 bits per heavy atom. The van der Waals surface area contributed by atoms with Crippen LogP contribution in [0.15, 0.2) is 51.7 Å². The number of aromatic nitrogens is 1. The third-order valence-electron chi connectivity index (χ3n) is 3.96. The number of oxazole rings is 1. The quantitative estimate of drug-likeness (QED) is 0.703. The molecule has 1 unspecified atom stereocenters. The van der Waals surface area contributed by atoms with Gasteiger partial charge in [0, 0.05) is 19.5 Å². The van der Waals surface area contributed by atoms with Gasteiger partial charge >= 0.3 is 5.76 Å². The van der Waals surface area contributed by atoms with Gasteiger partial charge in [-0.05, 0) is 29.8 Å². The molecule has 1 aromatic heterocycles. The lowest BCUT2D eigenvalue weighted by atomic mass is 10.1. The highest BCUT2D eigenvalue weighted by atomic mass is 19.2. The van der Waals surface area contributed by atoms with E-state index in [1.54, 1.807) is 24.3 Å². The number of rotatable bonds is 6. The van der Waals surface area contributed by atoms with E-state index in [9.17, 15) is 23.5 Å². The van der Waals surface area contributed by atoms with E-state index in [0.717, 1.165) is 12.1 Å². The van der Waals surface area contributed by atoms with Gasteiger partial charge in [0.1, 0.15) is 0 Å². The number of carbonyl (C=O) groups is 1. The van der Waals surface area contributed by atoms with Crippen LogP contribution in [0.4, 0.5) is 8.78 Å². The minimum Gasteiger partial charge on any atom is -0.408 e. The monoisotopic (exact) mass is 362 g/mol. The van der Waals surface area contributed by atoms with Gasteiger partial charge in [0.2, 0.25) is 5.91 Å². The predicted molar refractivity (Wildman–Crippen MR) is 89.4 cm³/mol. The van der Waals surface area contributed by atoms with E-state index >= 15 is 0 Å². The lowest BCUT2D eigenvalue weighted by Gasteiger charge is -2.12. The molecule has 2 aromatic carbocycles. The molecule has 0 saturated heterocycles. The van der Waals surface area contributed by atoms with Crippen LogP contribution in [-0.4, -0.2) is 22.1 Å². The summed E-state index contributed by atoms with van der Waals surface area (Å²) in [6.07, 6.45) is -1.18. The SMILES string of the molecule is O=C(CCn1c(=O)oc2ccccc21)NCC(O)c1ccc(F)c(F)c1. The van der Waals surface area contributed by atoms with Gasteiger partial charge in [-0.2, -0.15) is 0 Å². The number of nitrogens with zero attached hydrogens (tertiary/aromatic N) is 1. The number of hydrogen-bond donors (Lipinski definition) is 2. The van der Waals surface area contributed by atoms with Crippen LogP contribution >= 0.6 is 0 Å². The second kappa shape index (κ2) is 7.49. The molecular formula is C18H16F2N2O4. The molecule has 0 aliphatic heterocycles. The van der Waals surface area contributed by atoms with Gasteiger partial charge in [-0.25, -0.2) is 13.6 Å². The fourth-order valence-corrected chi connectivity index (χ4v) is 2.58. The summed E-state index contributed by atoms with van der Waals surface area (Å²) in [6.45, 7) is -0.0477. The predicted octanol–water partition coefficient (Wildman–Crippen LogP) is 2.11. The number of amides is 1. The van der Waals surface area contributed by atoms with E-state index in [1.165, 1.54) is 10.6 Å². The summed E-state index contributed by atoms with van der Waals surface area (Å²) in [7, 11) is 0. The Hall–Kier alpha value is -3.00. The topological polar surface area (TPSA) is 84.5 Å². The molecule has 0 saturated carbocycles. The highest BCUT2D eigenvalue weighted by Crippen LogP contribution is 2.16. The second-order valence-electron chi connectivity index (χ2n) is 5.73. The van der Waals surface area contributed by atoms with Crippen LogP contribution in [0.1, 0.15) is 18.1 Å². The number of fused-ring (bicyclic) bond motifs is 1. The number of aliphatic hydroxyl groups is 1. The standard InChI is InChI=1S/C18H16F2N2O4/c19-12-6-5-11(9-13(12)20)15(23)10-21-17(24)7-8-22-14-3-1-2-4-16(14)26-18(22)25/h1-6,9,15,23H,7-8,10H2,(H,21,24). The summed E-state index contributed by atoms with van der Waals surface area (Å²) in [5.41, 5.74) is 1.18. The molecule has 0 spiro atoms. The molecule has 3 aromatic rings. The lowest BCUT2D eigenvalue weighted by molar-refractivity contribution is -0.121. The maximum atomic E-state index is 13.2. The van der Waals surface area contributed by atoms with Gasteiger partial charge < -0.3 is 14.8 Å². The molecule has 0 fully saturated rings. The zero-order chi connectivity index (χ0) is 18.7. The Labute approximate surface area is 146 Å². The number of hydrogen-bond acceptors (Lipinski definition) is 4. The highest BCUT2D eigenvalue weighted by Gasteiger charge is 2.14. The summed E-state index contributed by atoms with van der Waals surface area (Å²) in [6, 6.07) is 9.90. The molecule has 1 amide bonds. The number of carbonyl (C=O) groups excluding carboxylic acids is 1. The molecule has 6 nitrogen and oxygen atoms in total. The van der Waals surface area contributed by atoms with E-state index in [4.69, 9.17) is 4.42 Å². The first kappa shape index (κ1) is 17.8. The van der Waals surface area contributed by atoms with Crippen molar-refractivity contribution in [1.29, 1.82) is 0 Å². The van der Waals surface area contributed by atoms with E-state index < -0.39 is 29.4 Å². The van der Waals surface area contributed by atoms with Crippen molar-refractivity contribution in [3.8, 4) is 0 Å². The molecule has 136 valence electrons. The fourth-order valence-electron chi connectivity index (χ4n) is 2.58. The first-order valence-corrected chi connectivity index (χ1v) is 7.94. The number of nitrogens with one attached hydrogen (secondary N) is 1. The molecule has 8 heteroatoms. The minimum absolute atomic E-state index is 0.00602. The van der Waals surface area contributed by atoms with Crippen molar-refractivity contribution in [2.45, 2.75) is 19.1 Å². The average Bonchev–Trinajstić information content (AvgIpc) is 2.95. The zero-order valence-electron chi connectivity index (χ0n) is 13.6. The Morgan fingerprint density at radius 2 is 1.96 bits per heavy atom. The third-order valence-corrected chi connectivity index (χ3v) is 3.96. The molecule has 0 radical (unpaired) electrons. The van der Waals surface area contributed by atoms with Crippen molar-refractivity contribution in [3.63, 3.8) is 0 Å². The van der Waals surface area contributed by atoms with Crippen LogP contribution in [-0.2, 0) is 11.3 Å². The van der Waals surface area contributed by atoms with Gasteiger partial charge in [-0.3, -0.25) is 9.36 Å². The zero-order valence-corrected chi connectivity index (χ0v) is 13.6. The number of aliphatic hydroxyl groups excluding tert-OH is 1. The maximum Gasteiger partial charge on any atom is 0.419 e. The molecule has 0 aliphatic rings. The molecule has 0 aliphatic carbocycles. The summed E-state index contributed by atoms with van der Waals surface area (Å²) in [4.78, 5) is 23.8. The highest BCUT2D eigenvalue weighted by molar-refractivity contribution is 5.76. The maximum absolute atomic E-state index is 13.2. The lowest BCUT2D eigenvalue weighted by Crippen LogP contribution is -2.30. The summed E-state index contributed by atoms with van der Waals surface area (Å²) in [5, 5.41) is 12.4. The van der Waals surface area contributed by atoms with Crippen molar-refractivity contribution >= 4 is 17.0 Å². The number of para-hydroxylation sites is 2. The first-order valence-electron chi connectivity index (χ1n) is 7.94. The molecular weight excluding hydrogens is 346 g/mol. The van der Waals surface area contributed by atoms with Crippen molar-refractivity contribution in [1.82, 2.24) is 9.88 Å². The van der Waals surface area contributed by atoms with Crippen molar-refractivity contribution in [2.75, 3.05) is 6.54 Å². The number of halogens is 2. The Bertz CT molecular complexity index is 996. The fraction of sp³-hybridized carbons (Fsp3) is 0.222. The molecule has 1 heterocycles. The van der Waals surface area contributed by atoms with Gasteiger partial charge in [0.25, 0.3) is 0 Å². The van der Waals surface area contributed by atoms with E-state index in [0.29, 0.717) is 11.1 Å². The van der Waals surface area contributed by atoms with Gasteiger partial charge in [0.15, 0.2) is 17.2 Å². The number of aryl methyl sites for hydroxylation is 1. The van der Waals surface area contributed by atoms with Crippen molar-refractivity contribution in [2.24, 2.45) is 0 Å². The molecule has 3 rings (SSSR count). The minimum atomic E-state index is -1.17. The smallest absolute Gasteiger partial charge is 0.408 e. The van der Waals surface area contributed by atoms with E-state index in [-0.39, 0.29) is 25.1 Å². The van der Waals surface area contributed by atoms with E-state index in [2.05, 4.69) is 5.32 Å². The van der Waals surface area contributed by atoms with Crippen LogP contribution in [0.2, 0.25) is 0 Å². The van der Waals surface area contributed by atoms with Gasteiger partial charge in [-0.1, -0.05) is 18.2 Å². The Kier molecular flexibility index (Phi) is 5.13. The molecule has 0 bridgehead atoms. The Balaban J connectivity index is 1.56. The Morgan fingerprint density at radius 1 is 1.19 bits per heavy atom. The molecule has 1 atom stereocenters. The second-order valence-corrected chi connectivity index (χ2v) is 5.73. The number of benzene rings is 2. The van der Waals surface area contributed by atoms with E-state index in [1.807, 2.05) is 0 Å². The average molecular weight is 362 g/mol. The van der Waals surface area contributed by atoms with Crippen molar-refractivity contribution in [3.05, 3.63) is 70.2 Å². The normalized spacial score (nSPS) is 12.3.